The number of benzene rings is 1. The van der Waals surface area contributed by atoms with Gasteiger partial charge in [0.05, 0.1) is 5.56 Å². The van der Waals surface area contributed by atoms with Crippen molar-refractivity contribution in [2.24, 2.45) is 11.7 Å². The van der Waals surface area contributed by atoms with E-state index in [1.165, 1.54) is 6.07 Å². The van der Waals surface area contributed by atoms with Gasteiger partial charge in [-0.2, -0.15) is 0 Å². The topological polar surface area (TPSA) is 83.6 Å². The van der Waals surface area contributed by atoms with Crippen LogP contribution in [0.5, 0.6) is 5.75 Å². The molecule has 1 atom stereocenters. The number of phenolic OH excluding ortho intramolecular Hbond substituents is 1. The van der Waals surface area contributed by atoms with Crippen molar-refractivity contribution in [2.75, 3.05) is 0 Å². The molecule has 1 fully saturated rings. The highest BCUT2D eigenvalue weighted by Crippen LogP contribution is 2.39. The third-order valence-corrected chi connectivity index (χ3v) is 3.02. The van der Waals surface area contributed by atoms with E-state index in [4.69, 9.17) is 10.8 Å². The summed E-state index contributed by atoms with van der Waals surface area (Å²) in [7, 11) is 0. The van der Waals surface area contributed by atoms with Crippen molar-refractivity contribution < 1.29 is 19.4 Å². The van der Waals surface area contributed by atoms with Crippen LogP contribution in [0.15, 0.2) is 12.1 Å². The van der Waals surface area contributed by atoms with Crippen molar-refractivity contribution in [3.8, 4) is 5.75 Å². The first-order valence-electron chi connectivity index (χ1n) is 5.50. The number of nitrogens with two attached hydrogens (primary N) is 1. The molecule has 1 saturated carbocycles. The van der Waals surface area contributed by atoms with Gasteiger partial charge in [-0.15, -0.1) is 0 Å². The van der Waals surface area contributed by atoms with Gasteiger partial charge >= 0.3 is 5.97 Å². The van der Waals surface area contributed by atoms with Crippen LogP contribution in [0.25, 0.3) is 0 Å². The first-order chi connectivity index (χ1) is 7.99. The molecule has 0 unspecified atom stereocenters. The van der Waals surface area contributed by atoms with Crippen LogP contribution in [0.4, 0.5) is 4.39 Å². The average molecular weight is 239 g/mol. The predicted octanol–water partition coefficient (Wildman–Crippen LogP) is 2.03. The minimum atomic E-state index is -1.23. The molecule has 0 saturated heterocycles. The zero-order valence-corrected chi connectivity index (χ0v) is 9.19. The molecule has 0 bridgehead atoms. The van der Waals surface area contributed by atoms with Gasteiger partial charge in [0.1, 0.15) is 0 Å². The molecule has 0 aromatic heterocycles. The molecule has 1 aromatic rings. The van der Waals surface area contributed by atoms with Gasteiger partial charge in [-0.25, -0.2) is 9.18 Å². The van der Waals surface area contributed by atoms with Crippen LogP contribution < -0.4 is 5.73 Å². The molecular weight excluding hydrogens is 225 g/mol. The van der Waals surface area contributed by atoms with Crippen molar-refractivity contribution >= 4 is 5.97 Å². The zero-order valence-electron chi connectivity index (χ0n) is 9.19. The Kier molecular flexibility index (Phi) is 3.02. The second kappa shape index (κ2) is 4.33. The number of hydrogen-bond donors (Lipinski definition) is 3. The molecule has 0 radical (unpaired) electrons. The Morgan fingerprint density at radius 2 is 2.18 bits per heavy atom. The maximum atomic E-state index is 13.3. The van der Waals surface area contributed by atoms with Gasteiger partial charge < -0.3 is 15.9 Å². The molecule has 1 aliphatic carbocycles. The van der Waals surface area contributed by atoms with Gasteiger partial charge in [0.25, 0.3) is 0 Å². The Bertz CT molecular complexity index is 457. The molecule has 0 amide bonds. The summed E-state index contributed by atoms with van der Waals surface area (Å²) in [6.45, 7) is 0. The maximum Gasteiger partial charge on any atom is 0.335 e. The molecule has 4 nitrogen and oxygen atoms in total. The van der Waals surface area contributed by atoms with E-state index >= 15 is 0 Å². The Balaban J connectivity index is 2.32. The molecule has 17 heavy (non-hydrogen) atoms. The van der Waals surface area contributed by atoms with E-state index in [0.29, 0.717) is 12.3 Å². The third kappa shape index (κ3) is 2.55. The summed E-state index contributed by atoms with van der Waals surface area (Å²) in [5.74, 6) is -2.20. The second-order valence-electron chi connectivity index (χ2n) is 4.49. The van der Waals surface area contributed by atoms with Gasteiger partial charge in [-0.05, 0) is 24.5 Å². The lowest BCUT2D eigenvalue weighted by Gasteiger charge is -2.14. The van der Waals surface area contributed by atoms with Gasteiger partial charge in [-0.3, -0.25) is 0 Å². The molecule has 4 N–H and O–H groups in total. The zero-order chi connectivity index (χ0) is 12.6. The van der Waals surface area contributed by atoms with E-state index in [1.54, 1.807) is 0 Å². The molecular formula is C12H14FNO3. The van der Waals surface area contributed by atoms with Crippen LogP contribution in [0.1, 0.15) is 41.2 Å². The van der Waals surface area contributed by atoms with Crippen LogP contribution in [-0.2, 0) is 0 Å². The number of carboxylic acids is 1. The summed E-state index contributed by atoms with van der Waals surface area (Å²) in [5, 5.41) is 18.4. The number of aromatic hydroxyl groups is 1. The Morgan fingerprint density at radius 3 is 2.71 bits per heavy atom. The van der Waals surface area contributed by atoms with Gasteiger partial charge in [0.2, 0.25) is 0 Å². The fraction of sp³-hybridized carbons (Fsp3) is 0.417. The third-order valence-electron chi connectivity index (χ3n) is 3.02. The number of aromatic carboxylic acids is 1. The number of hydrogen-bond acceptors (Lipinski definition) is 3. The highest BCUT2D eigenvalue weighted by molar-refractivity contribution is 5.88. The number of carbonyl (C=O) groups is 1. The molecule has 0 aliphatic heterocycles. The van der Waals surface area contributed by atoms with Crippen LogP contribution in [-0.4, -0.2) is 16.2 Å². The lowest BCUT2D eigenvalue weighted by atomic mass is 9.98. The van der Waals surface area contributed by atoms with Crippen LogP contribution in [0.2, 0.25) is 0 Å². The number of rotatable bonds is 4. The molecule has 0 spiro atoms. The average Bonchev–Trinajstić information content (AvgIpc) is 3.05. The normalized spacial score (nSPS) is 16.8. The largest absolute Gasteiger partial charge is 0.505 e. The quantitative estimate of drug-likeness (QED) is 0.750. The van der Waals surface area contributed by atoms with Crippen molar-refractivity contribution in [3.63, 3.8) is 0 Å². The monoisotopic (exact) mass is 239 g/mol. The summed E-state index contributed by atoms with van der Waals surface area (Å²) in [6.07, 6.45) is 2.83. The minimum Gasteiger partial charge on any atom is -0.505 e. The lowest BCUT2D eigenvalue weighted by Crippen LogP contribution is -2.13. The van der Waals surface area contributed by atoms with Crippen molar-refractivity contribution in [1.29, 1.82) is 0 Å². The predicted molar refractivity (Wildman–Crippen MR) is 59.3 cm³/mol. The molecule has 92 valence electrons. The van der Waals surface area contributed by atoms with Gasteiger partial charge in [-0.1, -0.05) is 12.8 Å². The Hall–Kier alpha value is -1.62. The summed E-state index contributed by atoms with van der Waals surface area (Å²) in [6, 6.07) is 1.52. The highest BCUT2D eigenvalue weighted by Gasteiger charge is 2.27. The van der Waals surface area contributed by atoms with Crippen LogP contribution >= 0.6 is 0 Å². The van der Waals surface area contributed by atoms with Crippen molar-refractivity contribution in [1.82, 2.24) is 0 Å². The smallest absolute Gasteiger partial charge is 0.335 e. The van der Waals surface area contributed by atoms with E-state index in [1.807, 2.05) is 0 Å². The molecule has 0 heterocycles. The molecule has 5 heteroatoms. The SMILES string of the molecule is N[C@@H](CC1CC1)c1cc(C(=O)O)cc(F)c1O. The van der Waals surface area contributed by atoms with E-state index in [2.05, 4.69) is 0 Å². The highest BCUT2D eigenvalue weighted by atomic mass is 19.1. The molecule has 1 aromatic carbocycles. The van der Waals surface area contributed by atoms with E-state index in [9.17, 15) is 14.3 Å². The van der Waals surface area contributed by atoms with Crippen molar-refractivity contribution in [2.45, 2.75) is 25.3 Å². The van der Waals surface area contributed by atoms with Gasteiger partial charge in [0.15, 0.2) is 11.6 Å². The standard InChI is InChI=1S/C12H14FNO3/c13-9-5-7(12(16)17)4-8(11(9)15)10(14)3-6-1-2-6/h4-6,10,15H,1-3,14H2,(H,16,17)/t10-/m0/s1. The Labute approximate surface area is 97.9 Å². The van der Waals surface area contributed by atoms with E-state index < -0.39 is 23.6 Å². The van der Waals surface area contributed by atoms with E-state index in [0.717, 1.165) is 18.9 Å². The summed E-state index contributed by atoms with van der Waals surface area (Å²) >= 11 is 0. The second-order valence-corrected chi connectivity index (χ2v) is 4.49. The Morgan fingerprint density at radius 1 is 1.53 bits per heavy atom. The first kappa shape index (κ1) is 11.9. The summed E-state index contributed by atoms with van der Waals surface area (Å²) < 4.78 is 13.3. The lowest BCUT2D eigenvalue weighted by molar-refractivity contribution is 0.0696. The number of phenols is 1. The van der Waals surface area contributed by atoms with Crippen molar-refractivity contribution in [3.05, 3.63) is 29.1 Å². The molecule has 1 aliphatic rings. The number of carboxylic acid groups (broad SMARTS) is 1. The van der Waals surface area contributed by atoms with Gasteiger partial charge in [0, 0.05) is 11.6 Å². The fourth-order valence-electron chi connectivity index (χ4n) is 1.87. The summed E-state index contributed by atoms with van der Waals surface area (Å²) in [5.41, 5.74) is 5.84. The molecule has 2 rings (SSSR count). The van der Waals surface area contributed by atoms with Crippen LogP contribution in [0.3, 0.4) is 0 Å². The first-order valence-corrected chi connectivity index (χ1v) is 5.50. The van der Waals surface area contributed by atoms with Crippen LogP contribution in [0, 0.1) is 11.7 Å². The van der Waals surface area contributed by atoms with E-state index in [-0.39, 0.29) is 11.1 Å². The maximum absolute atomic E-state index is 13.3. The number of halogens is 1. The summed E-state index contributed by atoms with van der Waals surface area (Å²) in [4.78, 5) is 10.8. The fourth-order valence-corrected chi connectivity index (χ4v) is 1.87. The minimum absolute atomic E-state index is 0.175.